The van der Waals surface area contributed by atoms with E-state index >= 15 is 0 Å². The second-order valence-corrected chi connectivity index (χ2v) is 10.4. The minimum absolute atomic E-state index is 0.0155. The lowest BCUT2D eigenvalue weighted by molar-refractivity contribution is 0.0185. The number of amides is 1. The number of benzene rings is 1. The largest absolute Gasteiger partial charge is 0.379 e. The Balaban J connectivity index is 1.37. The number of aromatic nitrogens is 4. The first-order valence-corrected chi connectivity index (χ1v) is 12.9. The molecule has 2 fully saturated rings. The summed E-state index contributed by atoms with van der Waals surface area (Å²) < 4.78 is 5.51. The Morgan fingerprint density at radius 2 is 2.06 bits per heavy atom. The number of nitrogens with one attached hydrogen (secondary N) is 1. The third-order valence-corrected chi connectivity index (χ3v) is 8.10. The molecule has 4 aromatic rings. The molecule has 9 heteroatoms. The van der Waals surface area contributed by atoms with Gasteiger partial charge >= 0.3 is 0 Å². The van der Waals surface area contributed by atoms with Crippen LogP contribution in [0, 0.1) is 13.8 Å². The molecule has 2 aliphatic heterocycles. The van der Waals surface area contributed by atoms with E-state index in [0.29, 0.717) is 11.7 Å². The van der Waals surface area contributed by atoms with E-state index in [9.17, 15) is 4.79 Å². The summed E-state index contributed by atoms with van der Waals surface area (Å²) >= 11 is 1.52. The molecule has 5 heterocycles. The maximum absolute atomic E-state index is 13.8. The summed E-state index contributed by atoms with van der Waals surface area (Å²) in [5, 5.41) is 9.53. The number of hydrogen-bond acceptors (Lipinski definition) is 7. The van der Waals surface area contributed by atoms with E-state index in [2.05, 4.69) is 46.1 Å². The van der Waals surface area contributed by atoms with Crippen LogP contribution in [0.25, 0.3) is 32.0 Å². The number of pyridine rings is 1. The van der Waals surface area contributed by atoms with Crippen LogP contribution in [-0.4, -0.2) is 81.3 Å². The predicted molar refractivity (Wildman–Crippen MR) is 137 cm³/mol. The molecule has 0 aliphatic carbocycles. The molecule has 0 saturated carbocycles. The molecule has 35 heavy (non-hydrogen) atoms. The van der Waals surface area contributed by atoms with Gasteiger partial charge in [0, 0.05) is 55.6 Å². The van der Waals surface area contributed by atoms with Crippen molar-refractivity contribution in [1.82, 2.24) is 30.0 Å². The molecule has 1 atom stereocenters. The number of nitrogens with zero attached hydrogens (tertiary/aromatic N) is 5. The summed E-state index contributed by atoms with van der Waals surface area (Å²) in [7, 11) is 0. The maximum Gasteiger partial charge on any atom is 0.274 e. The van der Waals surface area contributed by atoms with Gasteiger partial charge in [-0.2, -0.15) is 5.10 Å². The van der Waals surface area contributed by atoms with Gasteiger partial charge < -0.3 is 9.64 Å². The minimum Gasteiger partial charge on any atom is -0.379 e. The van der Waals surface area contributed by atoms with Crippen molar-refractivity contribution in [2.45, 2.75) is 26.3 Å². The van der Waals surface area contributed by atoms with E-state index in [1.165, 1.54) is 16.9 Å². The summed E-state index contributed by atoms with van der Waals surface area (Å²) in [4.78, 5) is 28.3. The fraction of sp³-hybridized carbons (Fsp3) is 0.385. The number of ether oxygens (including phenoxy) is 1. The van der Waals surface area contributed by atoms with Crippen LogP contribution >= 0.6 is 11.3 Å². The molecule has 3 aromatic heterocycles. The number of thiazole rings is 1. The molecular formula is C26H28N6O2S. The number of aromatic amines is 1. The van der Waals surface area contributed by atoms with Gasteiger partial charge in [0.05, 0.1) is 23.6 Å². The standard InChI is InChI=1S/C26H28N6O2S/c1-16-12-17(2)21-20(13-16)22(30-29-21)25-28-23(24(35-25)18-4-3-6-27-14-18)26(33)32-7-5-19(15-32)31-8-10-34-11-9-31/h3-4,6,12-14,19H,5,7-11,15H2,1-2H3,(H,29,30)/t19-/m0/s1. The van der Waals surface area contributed by atoms with Gasteiger partial charge in [0.25, 0.3) is 5.91 Å². The van der Waals surface area contributed by atoms with Crippen molar-refractivity contribution in [3.8, 4) is 21.1 Å². The summed E-state index contributed by atoms with van der Waals surface area (Å²) in [5.41, 5.74) is 5.48. The van der Waals surface area contributed by atoms with Gasteiger partial charge in [0.15, 0.2) is 0 Å². The fourth-order valence-electron chi connectivity index (χ4n) is 5.22. The van der Waals surface area contributed by atoms with Gasteiger partial charge in [0.2, 0.25) is 0 Å². The highest BCUT2D eigenvalue weighted by Crippen LogP contribution is 2.38. The normalized spacial score (nSPS) is 19.0. The number of hydrogen-bond donors (Lipinski definition) is 1. The zero-order chi connectivity index (χ0) is 23.9. The second kappa shape index (κ2) is 9.14. The maximum atomic E-state index is 13.8. The third-order valence-electron chi connectivity index (χ3n) is 6.97. The molecule has 1 aromatic carbocycles. The second-order valence-electron chi connectivity index (χ2n) is 9.36. The van der Waals surface area contributed by atoms with E-state index in [1.54, 1.807) is 12.4 Å². The van der Waals surface area contributed by atoms with Crippen molar-refractivity contribution in [2.75, 3.05) is 39.4 Å². The number of fused-ring (bicyclic) bond motifs is 1. The zero-order valence-electron chi connectivity index (χ0n) is 20.0. The summed E-state index contributed by atoms with van der Waals surface area (Å²) in [6.45, 7) is 9.01. The van der Waals surface area contributed by atoms with E-state index < -0.39 is 0 Å². The average molecular weight is 489 g/mol. The molecule has 0 unspecified atom stereocenters. The molecular weight excluding hydrogens is 460 g/mol. The van der Waals surface area contributed by atoms with Gasteiger partial charge in [0.1, 0.15) is 16.4 Å². The quantitative estimate of drug-likeness (QED) is 0.469. The first-order valence-electron chi connectivity index (χ1n) is 12.1. The van der Waals surface area contributed by atoms with Crippen LogP contribution in [-0.2, 0) is 4.74 Å². The van der Waals surface area contributed by atoms with Crippen molar-refractivity contribution in [3.05, 3.63) is 53.5 Å². The highest BCUT2D eigenvalue weighted by molar-refractivity contribution is 7.18. The highest BCUT2D eigenvalue weighted by Gasteiger charge is 2.34. The first kappa shape index (κ1) is 22.3. The van der Waals surface area contributed by atoms with E-state index in [1.807, 2.05) is 17.0 Å². The van der Waals surface area contributed by atoms with E-state index in [4.69, 9.17) is 9.72 Å². The number of H-pyrrole nitrogens is 1. The summed E-state index contributed by atoms with van der Waals surface area (Å²) in [6.07, 6.45) is 4.52. The molecule has 2 saturated heterocycles. The Morgan fingerprint density at radius 1 is 1.20 bits per heavy atom. The minimum atomic E-state index is -0.0155. The molecule has 1 amide bonds. The van der Waals surface area contributed by atoms with Crippen LogP contribution in [0.2, 0.25) is 0 Å². The molecule has 180 valence electrons. The molecule has 0 bridgehead atoms. The van der Waals surface area contributed by atoms with Gasteiger partial charge in [-0.3, -0.25) is 19.8 Å². The van der Waals surface area contributed by atoms with E-state index in [0.717, 1.165) is 83.4 Å². The molecule has 8 nitrogen and oxygen atoms in total. The van der Waals surface area contributed by atoms with Crippen molar-refractivity contribution < 1.29 is 9.53 Å². The lowest BCUT2D eigenvalue weighted by atomic mass is 10.1. The Morgan fingerprint density at radius 3 is 2.86 bits per heavy atom. The summed E-state index contributed by atoms with van der Waals surface area (Å²) in [5.74, 6) is -0.0155. The number of rotatable bonds is 4. The smallest absolute Gasteiger partial charge is 0.274 e. The fourth-order valence-corrected chi connectivity index (χ4v) is 6.27. The van der Waals surface area contributed by atoms with Gasteiger partial charge in [-0.25, -0.2) is 4.98 Å². The third kappa shape index (κ3) is 4.13. The molecule has 6 rings (SSSR count). The van der Waals surface area contributed by atoms with Crippen LogP contribution in [0.4, 0.5) is 0 Å². The van der Waals surface area contributed by atoms with Crippen LogP contribution in [0.5, 0.6) is 0 Å². The zero-order valence-corrected chi connectivity index (χ0v) is 20.8. The Hall–Kier alpha value is -3.14. The Labute approximate surface area is 208 Å². The van der Waals surface area contributed by atoms with Crippen LogP contribution < -0.4 is 0 Å². The lowest BCUT2D eigenvalue weighted by Gasteiger charge is -2.32. The number of carbonyl (C=O) groups is 1. The van der Waals surface area contributed by atoms with Crippen molar-refractivity contribution in [3.63, 3.8) is 0 Å². The van der Waals surface area contributed by atoms with E-state index in [-0.39, 0.29) is 5.91 Å². The number of carbonyl (C=O) groups excluding carboxylic acids is 1. The highest BCUT2D eigenvalue weighted by atomic mass is 32.1. The summed E-state index contributed by atoms with van der Waals surface area (Å²) in [6, 6.07) is 8.52. The van der Waals surface area contributed by atoms with Gasteiger partial charge in [-0.1, -0.05) is 17.7 Å². The van der Waals surface area contributed by atoms with Crippen LogP contribution in [0.1, 0.15) is 28.0 Å². The van der Waals surface area contributed by atoms with Crippen molar-refractivity contribution in [1.29, 1.82) is 0 Å². The predicted octanol–water partition coefficient (Wildman–Crippen LogP) is 3.91. The molecule has 0 spiro atoms. The SMILES string of the molecule is Cc1cc(C)c2n[nH]c(-c3nc(C(=O)N4CC[C@H](N5CCOCC5)C4)c(-c4cccnc4)s3)c2c1. The van der Waals surface area contributed by atoms with Crippen LogP contribution in [0.3, 0.4) is 0 Å². The molecule has 2 aliphatic rings. The topological polar surface area (TPSA) is 87.2 Å². The van der Waals surface area contributed by atoms with Crippen molar-refractivity contribution >= 4 is 28.1 Å². The number of likely N-dealkylation sites (tertiary alicyclic amines) is 1. The lowest BCUT2D eigenvalue weighted by Crippen LogP contribution is -2.45. The number of aryl methyl sites for hydroxylation is 2. The molecule has 1 N–H and O–H groups in total. The first-order chi connectivity index (χ1) is 17.1. The Bertz CT molecular complexity index is 1380. The number of morpholine rings is 1. The monoisotopic (exact) mass is 488 g/mol. The van der Waals surface area contributed by atoms with Crippen LogP contribution in [0.15, 0.2) is 36.7 Å². The van der Waals surface area contributed by atoms with Crippen molar-refractivity contribution in [2.24, 2.45) is 0 Å². The Kier molecular flexibility index (Phi) is 5.83. The molecule has 0 radical (unpaired) electrons. The van der Waals surface area contributed by atoms with Gasteiger partial charge in [-0.05, 0) is 38.0 Å². The average Bonchev–Trinajstić information content (AvgIpc) is 3.63. The van der Waals surface area contributed by atoms with Gasteiger partial charge in [-0.15, -0.1) is 11.3 Å².